The number of nitrogens with zero attached hydrogens (tertiary/aromatic N) is 3. The van der Waals surface area contributed by atoms with E-state index in [4.69, 9.17) is 13.9 Å². The Kier molecular flexibility index (Phi) is 7.04. The summed E-state index contributed by atoms with van der Waals surface area (Å²) < 4.78 is 45.2. The number of aromatic nitrogens is 1. The van der Waals surface area contributed by atoms with Gasteiger partial charge in [-0.2, -0.15) is 4.31 Å². The summed E-state index contributed by atoms with van der Waals surface area (Å²) in [5.74, 6) is 0.979. The van der Waals surface area contributed by atoms with E-state index in [1.165, 1.54) is 44.8 Å². The van der Waals surface area contributed by atoms with Crippen LogP contribution in [0.25, 0.3) is 10.2 Å². The number of hydrogen-bond donors (Lipinski definition) is 0. The zero-order valence-corrected chi connectivity index (χ0v) is 22.3. The van der Waals surface area contributed by atoms with Crippen molar-refractivity contribution in [3.05, 3.63) is 72.2 Å². The van der Waals surface area contributed by atoms with Crippen LogP contribution in [0.4, 0.5) is 5.13 Å². The molecule has 3 heterocycles. The molecule has 1 aliphatic rings. The van der Waals surface area contributed by atoms with Gasteiger partial charge in [-0.25, -0.2) is 13.4 Å². The summed E-state index contributed by atoms with van der Waals surface area (Å²) in [5.41, 5.74) is 1.08. The summed E-state index contributed by atoms with van der Waals surface area (Å²) in [5, 5.41) is 0.498. The third kappa shape index (κ3) is 5.26. The Bertz CT molecular complexity index is 1490. The second-order valence-corrected chi connectivity index (χ2v) is 11.9. The fraction of sp³-hybridized carbons (Fsp3) is 0.308. The van der Waals surface area contributed by atoms with Crippen molar-refractivity contribution in [3.8, 4) is 5.75 Å². The van der Waals surface area contributed by atoms with Gasteiger partial charge in [-0.3, -0.25) is 9.69 Å². The number of thiazole rings is 1. The Morgan fingerprint density at radius 1 is 1.14 bits per heavy atom. The molecular weight excluding hydrogens is 514 g/mol. The molecule has 0 bridgehead atoms. The average Bonchev–Trinajstić information content (AvgIpc) is 3.55. The molecule has 2 aromatic heterocycles. The third-order valence-electron chi connectivity index (χ3n) is 6.08. The molecule has 2 unspecified atom stereocenters. The van der Waals surface area contributed by atoms with Crippen LogP contribution < -0.4 is 9.64 Å². The van der Waals surface area contributed by atoms with Crippen LogP contribution in [0, 0.1) is 0 Å². The second-order valence-electron chi connectivity index (χ2n) is 8.90. The number of morpholine rings is 1. The molecule has 0 saturated carbocycles. The summed E-state index contributed by atoms with van der Waals surface area (Å²) >= 11 is 1.36. The highest BCUT2D eigenvalue weighted by Crippen LogP contribution is 2.33. The highest BCUT2D eigenvalue weighted by atomic mass is 32.2. The highest BCUT2D eigenvalue weighted by molar-refractivity contribution is 7.89. The van der Waals surface area contributed by atoms with Crippen molar-refractivity contribution < 1.29 is 27.1 Å². The van der Waals surface area contributed by atoms with Crippen molar-refractivity contribution >= 4 is 42.6 Å². The van der Waals surface area contributed by atoms with Crippen LogP contribution in [-0.4, -0.2) is 56.0 Å². The molecule has 5 rings (SSSR count). The van der Waals surface area contributed by atoms with Crippen molar-refractivity contribution in [2.24, 2.45) is 0 Å². The fourth-order valence-corrected chi connectivity index (χ4v) is 6.90. The minimum absolute atomic E-state index is 0.134. The maximum Gasteiger partial charge on any atom is 0.260 e. The molecule has 2 aromatic carbocycles. The lowest BCUT2D eigenvalue weighted by atomic mass is 10.2. The first kappa shape index (κ1) is 25.4. The number of benzene rings is 2. The standard InChI is InChI=1S/C26H27N3O6S2/c1-17-14-28(15-18(2)35-17)37(31,32)22-9-6-19(7-10-22)25(30)29(16-21-5-4-12-34-21)26-27-23-11-8-20(33-3)13-24(23)36-26/h4-13,17-18H,14-16H2,1-3H3. The first-order valence-corrected chi connectivity index (χ1v) is 14.0. The molecule has 194 valence electrons. The van der Waals surface area contributed by atoms with Crippen LogP contribution in [0.1, 0.15) is 30.0 Å². The van der Waals surface area contributed by atoms with E-state index in [1.54, 1.807) is 25.5 Å². The predicted octanol–water partition coefficient (Wildman–Crippen LogP) is 4.54. The molecule has 0 radical (unpaired) electrons. The van der Waals surface area contributed by atoms with Crippen molar-refractivity contribution in [2.45, 2.75) is 37.5 Å². The van der Waals surface area contributed by atoms with Crippen LogP contribution in [0.2, 0.25) is 0 Å². The number of fused-ring (bicyclic) bond motifs is 1. The van der Waals surface area contributed by atoms with Gasteiger partial charge in [-0.05, 0) is 68.4 Å². The number of methoxy groups -OCH3 is 1. The van der Waals surface area contributed by atoms with E-state index in [0.717, 1.165) is 10.2 Å². The summed E-state index contributed by atoms with van der Waals surface area (Å²) in [7, 11) is -2.12. The molecule has 4 aromatic rings. The maximum absolute atomic E-state index is 13.7. The summed E-state index contributed by atoms with van der Waals surface area (Å²) in [4.78, 5) is 20.0. The molecule has 0 N–H and O–H groups in total. The van der Waals surface area contributed by atoms with Crippen LogP contribution in [0.5, 0.6) is 5.75 Å². The number of ether oxygens (including phenoxy) is 2. The van der Waals surface area contributed by atoms with Crippen molar-refractivity contribution in [2.75, 3.05) is 25.1 Å². The number of hydrogen-bond acceptors (Lipinski definition) is 8. The monoisotopic (exact) mass is 541 g/mol. The van der Waals surface area contributed by atoms with Crippen molar-refractivity contribution in [3.63, 3.8) is 0 Å². The van der Waals surface area contributed by atoms with E-state index in [0.29, 0.717) is 22.2 Å². The van der Waals surface area contributed by atoms with Crippen LogP contribution >= 0.6 is 11.3 Å². The molecule has 1 fully saturated rings. The Hall–Kier alpha value is -3.25. The molecule has 1 amide bonds. The minimum Gasteiger partial charge on any atom is -0.497 e. The number of anilines is 1. The Balaban J connectivity index is 1.44. The Morgan fingerprint density at radius 3 is 2.51 bits per heavy atom. The van der Waals surface area contributed by atoms with Gasteiger partial charge >= 0.3 is 0 Å². The van der Waals surface area contributed by atoms with E-state index >= 15 is 0 Å². The van der Waals surface area contributed by atoms with Crippen molar-refractivity contribution in [1.82, 2.24) is 9.29 Å². The van der Waals surface area contributed by atoms with Gasteiger partial charge in [-0.15, -0.1) is 0 Å². The molecule has 11 heteroatoms. The molecule has 0 aliphatic carbocycles. The first-order chi connectivity index (χ1) is 17.7. The van der Waals surface area contributed by atoms with Gasteiger partial charge in [0.2, 0.25) is 10.0 Å². The topological polar surface area (TPSA) is 102 Å². The van der Waals surface area contributed by atoms with Gasteiger partial charge in [-0.1, -0.05) is 11.3 Å². The largest absolute Gasteiger partial charge is 0.497 e. The molecular formula is C26H27N3O6S2. The Morgan fingerprint density at radius 2 is 1.86 bits per heavy atom. The van der Waals surface area contributed by atoms with E-state index in [2.05, 4.69) is 4.98 Å². The lowest BCUT2D eigenvalue weighted by Crippen LogP contribution is -2.48. The van der Waals surface area contributed by atoms with Crippen LogP contribution in [-0.2, 0) is 21.3 Å². The van der Waals surface area contributed by atoms with Gasteiger partial charge in [0.25, 0.3) is 5.91 Å². The highest BCUT2D eigenvalue weighted by Gasteiger charge is 2.32. The van der Waals surface area contributed by atoms with E-state index < -0.39 is 10.0 Å². The quantitative estimate of drug-likeness (QED) is 0.338. The van der Waals surface area contributed by atoms with Gasteiger partial charge < -0.3 is 13.9 Å². The Labute approximate surface area is 219 Å². The zero-order chi connectivity index (χ0) is 26.2. The zero-order valence-electron chi connectivity index (χ0n) is 20.7. The molecule has 9 nitrogen and oxygen atoms in total. The molecule has 0 spiro atoms. The van der Waals surface area contributed by atoms with Crippen LogP contribution in [0.15, 0.2) is 70.2 Å². The summed E-state index contributed by atoms with van der Waals surface area (Å²) in [6.07, 6.45) is 1.17. The van der Waals surface area contributed by atoms with E-state index in [1.807, 2.05) is 32.0 Å². The SMILES string of the molecule is COc1ccc2nc(N(Cc3ccco3)C(=O)c3ccc(S(=O)(=O)N4CC(C)OC(C)C4)cc3)sc2c1. The number of rotatable bonds is 7. The number of carbonyl (C=O) groups is 1. The lowest BCUT2D eigenvalue weighted by Gasteiger charge is -2.34. The minimum atomic E-state index is -3.72. The predicted molar refractivity (Wildman–Crippen MR) is 141 cm³/mol. The van der Waals surface area contributed by atoms with Gasteiger partial charge in [0.1, 0.15) is 11.5 Å². The van der Waals surface area contributed by atoms with Crippen LogP contribution in [0.3, 0.4) is 0 Å². The van der Waals surface area contributed by atoms with Gasteiger partial charge in [0.15, 0.2) is 5.13 Å². The lowest BCUT2D eigenvalue weighted by molar-refractivity contribution is -0.0440. The summed E-state index contributed by atoms with van der Waals surface area (Å²) in [6.45, 7) is 4.45. The fourth-order valence-electron chi connectivity index (χ4n) is 4.32. The average molecular weight is 542 g/mol. The summed E-state index contributed by atoms with van der Waals surface area (Å²) in [6, 6.07) is 15.1. The number of furan rings is 1. The molecule has 1 saturated heterocycles. The van der Waals surface area contributed by atoms with Crippen molar-refractivity contribution in [1.29, 1.82) is 0 Å². The van der Waals surface area contributed by atoms with Gasteiger partial charge in [0.05, 0.1) is 47.2 Å². The molecule has 37 heavy (non-hydrogen) atoms. The maximum atomic E-state index is 13.7. The molecule has 2 atom stereocenters. The third-order valence-corrected chi connectivity index (χ3v) is 8.97. The first-order valence-electron chi connectivity index (χ1n) is 11.8. The number of carbonyl (C=O) groups excluding carboxylic acids is 1. The second kappa shape index (κ2) is 10.3. The number of sulfonamides is 1. The van der Waals surface area contributed by atoms with Gasteiger partial charge in [0, 0.05) is 18.7 Å². The van der Waals surface area contributed by atoms with E-state index in [9.17, 15) is 13.2 Å². The smallest absolute Gasteiger partial charge is 0.260 e. The normalized spacial score (nSPS) is 18.7. The molecule has 1 aliphatic heterocycles. The van der Waals surface area contributed by atoms with E-state index in [-0.39, 0.29) is 42.6 Å². The number of amides is 1.